The summed E-state index contributed by atoms with van der Waals surface area (Å²) in [6.07, 6.45) is -0.829. The molecule has 24 heavy (non-hydrogen) atoms. The second kappa shape index (κ2) is 7.57. The van der Waals surface area contributed by atoms with Gasteiger partial charge in [0.2, 0.25) is 0 Å². The molecule has 120 valence electrons. The number of hydrogen-bond donors (Lipinski definition) is 2. The summed E-state index contributed by atoms with van der Waals surface area (Å²) in [6, 6.07) is 26.2. The summed E-state index contributed by atoms with van der Waals surface area (Å²) in [5.41, 5.74) is 2.90. The van der Waals surface area contributed by atoms with Crippen LogP contribution in [0.1, 0.15) is 33.2 Å². The number of carbonyl (C=O) groups is 1. The van der Waals surface area contributed by atoms with Crippen molar-refractivity contribution in [3.8, 4) is 0 Å². The smallest absolute Gasteiger partial charge is 0.251 e. The van der Waals surface area contributed by atoms with E-state index >= 15 is 0 Å². The Morgan fingerprint density at radius 3 is 2.12 bits per heavy atom. The Balaban J connectivity index is 1.80. The lowest BCUT2D eigenvalue weighted by molar-refractivity contribution is 0.0946. The van der Waals surface area contributed by atoms with Crippen LogP contribution in [0, 0.1) is 0 Å². The van der Waals surface area contributed by atoms with E-state index in [9.17, 15) is 9.90 Å². The van der Waals surface area contributed by atoms with E-state index in [0.717, 1.165) is 11.1 Å². The fraction of sp³-hybridized carbons (Fsp3) is 0.0952. The maximum absolute atomic E-state index is 12.6. The number of rotatable bonds is 5. The lowest BCUT2D eigenvalue weighted by atomic mass is 9.96. The van der Waals surface area contributed by atoms with Crippen LogP contribution >= 0.6 is 0 Å². The third-order valence-corrected chi connectivity index (χ3v) is 3.91. The Labute approximate surface area is 141 Å². The van der Waals surface area contributed by atoms with Crippen molar-refractivity contribution in [2.75, 3.05) is 0 Å². The fourth-order valence-electron chi connectivity index (χ4n) is 2.63. The monoisotopic (exact) mass is 317 g/mol. The van der Waals surface area contributed by atoms with E-state index in [1.807, 2.05) is 66.7 Å². The average molecular weight is 317 g/mol. The maximum Gasteiger partial charge on any atom is 0.251 e. The highest BCUT2D eigenvalue weighted by atomic mass is 16.3. The Morgan fingerprint density at radius 2 is 1.42 bits per heavy atom. The van der Waals surface area contributed by atoms with Gasteiger partial charge in [-0.15, -0.1) is 0 Å². The molecule has 0 spiro atoms. The summed E-state index contributed by atoms with van der Waals surface area (Å²) >= 11 is 0. The van der Waals surface area contributed by atoms with Crippen molar-refractivity contribution < 1.29 is 9.90 Å². The molecule has 2 N–H and O–H groups in total. The van der Waals surface area contributed by atoms with Crippen LogP contribution in [0.4, 0.5) is 0 Å². The molecule has 3 aromatic rings. The Bertz CT molecular complexity index is 800. The summed E-state index contributed by atoms with van der Waals surface area (Å²) in [6.45, 7) is 0.454. The van der Waals surface area contributed by atoms with Gasteiger partial charge in [0, 0.05) is 12.1 Å². The molecule has 0 aromatic heterocycles. The molecule has 0 aliphatic heterocycles. The molecular formula is C21H19NO2. The standard InChI is InChI=1S/C21H19NO2/c23-20(17-11-5-2-6-12-17)18-13-7-8-14-19(18)21(24)22-15-16-9-3-1-4-10-16/h1-14,20,23H,15H2,(H,22,24). The molecular weight excluding hydrogens is 298 g/mol. The van der Waals surface area contributed by atoms with Gasteiger partial charge in [0.05, 0.1) is 0 Å². The number of nitrogens with one attached hydrogen (secondary N) is 1. The van der Waals surface area contributed by atoms with Crippen LogP contribution in [-0.2, 0) is 6.54 Å². The van der Waals surface area contributed by atoms with Gasteiger partial charge in [-0.05, 0) is 22.8 Å². The normalized spacial score (nSPS) is 11.7. The van der Waals surface area contributed by atoms with Crippen molar-refractivity contribution >= 4 is 5.91 Å². The second-order valence-electron chi connectivity index (χ2n) is 5.57. The lowest BCUT2D eigenvalue weighted by Gasteiger charge is -2.16. The first-order valence-corrected chi connectivity index (χ1v) is 7.90. The SMILES string of the molecule is O=C(NCc1ccccc1)c1ccccc1C(O)c1ccccc1. The summed E-state index contributed by atoms with van der Waals surface area (Å²) in [7, 11) is 0. The van der Waals surface area contributed by atoms with Gasteiger partial charge in [-0.3, -0.25) is 4.79 Å². The third-order valence-electron chi connectivity index (χ3n) is 3.91. The van der Waals surface area contributed by atoms with Crippen molar-refractivity contribution in [2.24, 2.45) is 0 Å². The quantitative estimate of drug-likeness (QED) is 0.754. The zero-order chi connectivity index (χ0) is 16.8. The van der Waals surface area contributed by atoms with Crippen LogP contribution in [-0.4, -0.2) is 11.0 Å². The molecule has 0 aliphatic carbocycles. The van der Waals surface area contributed by atoms with E-state index in [2.05, 4.69) is 5.32 Å². The minimum Gasteiger partial charge on any atom is -0.384 e. The topological polar surface area (TPSA) is 49.3 Å². The molecule has 0 bridgehead atoms. The molecule has 3 nitrogen and oxygen atoms in total. The molecule has 3 rings (SSSR count). The van der Waals surface area contributed by atoms with Crippen molar-refractivity contribution in [2.45, 2.75) is 12.6 Å². The highest BCUT2D eigenvalue weighted by molar-refractivity contribution is 5.95. The first-order chi connectivity index (χ1) is 11.8. The average Bonchev–Trinajstić information content (AvgIpc) is 2.67. The minimum atomic E-state index is -0.829. The van der Waals surface area contributed by atoms with Gasteiger partial charge < -0.3 is 10.4 Å². The first-order valence-electron chi connectivity index (χ1n) is 7.90. The molecule has 3 heteroatoms. The molecule has 1 unspecified atom stereocenters. The van der Waals surface area contributed by atoms with Crippen molar-refractivity contribution in [3.05, 3.63) is 107 Å². The van der Waals surface area contributed by atoms with E-state index in [1.165, 1.54) is 0 Å². The lowest BCUT2D eigenvalue weighted by Crippen LogP contribution is -2.24. The minimum absolute atomic E-state index is 0.190. The summed E-state index contributed by atoms with van der Waals surface area (Å²) in [4.78, 5) is 12.6. The van der Waals surface area contributed by atoms with E-state index in [0.29, 0.717) is 17.7 Å². The van der Waals surface area contributed by atoms with E-state index in [1.54, 1.807) is 18.2 Å². The molecule has 3 aromatic carbocycles. The molecule has 0 aliphatic rings. The number of carbonyl (C=O) groups excluding carboxylic acids is 1. The van der Waals surface area contributed by atoms with Crippen molar-refractivity contribution in [1.29, 1.82) is 0 Å². The van der Waals surface area contributed by atoms with Crippen LogP contribution in [0.5, 0.6) is 0 Å². The van der Waals surface area contributed by atoms with Crippen LogP contribution in [0.3, 0.4) is 0 Å². The number of amides is 1. The Hall–Kier alpha value is -2.91. The fourth-order valence-corrected chi connectivity index (χ4v) is 2.63. The van der Waals surface area contributed by atoms with E-state index < -0.39 is 6.10 Å². The van der Waals surface area contributed by atoms with E-state index in [4.69, 9.17) is 0 Å². The first kappa shape index (κ1) is 16.0. The molecule has 0 radical (unpaired) electrons. The van der Waals surface area contributed by atoms with Crippen LogP contribution in [0.2, 0.25) is 0 Å². The zero-order valence-electron chi connectivity index (χ0n) is 13.2. The van der Waals surface area contributed by atoms with Crippen LogP contribution in [0.15, 0.2) is 84.9 Å². The molecule has 0 fully saturated rings. The molecule has 0 saturated carbocycles. The van der Waals surface area contributed by atoms with Crippen molar-refractivity contribution in [3.63, 3.8) is 0 Å². The number of aliphatic hydroxyl groups is 1. The number of aliphatic hydroxyl groups excluding tert-OH is 1. The van der Waals surface area contributed by atoms with Crippen LogP contribution in [0.25, 0.3) is 0 Å². The Kier molecular flexibility index (Phi) is 5.04. The van der Waals surface area contributed by atoms with Gasteiger partial charge in [0.1, 0.15) is 6.10 Å². The second-order valence-corrected chi connectivity index (χ2v) is 5.57. The number of hydrogen-bond acceptors (Lipinski definition) is 2. The van der Waals surface area contributed by atoms with Gasteiger partial charge in [0.15, 0.2) is 0 Å². The highest BCUT2D eigenvalue weighted by Crippen LogP contribution is 2.24. The van der Waals surface area contributed by atoms with Gasteiger partial charge in [-0.2, -0.15) is 0 Å². The van der Waals surface area contributed by atoms with Crippen LogP contribution < -0.4 is 5.32 Å². The number of benzene rings is 3. The summed E-state index contributed by atoms with van der Waals surface area (Å²) < 4.78 is 0. The third kappa shape index (κ3) is 3.70. The van der Waals surface area contributed by atoms with Gasteiger partial charge in [0.25, 0.3) is 5.91 Å². The zero-order valence-corrected chi connectivity index (χ0v) is 13.2. The summed E-state index contributed by atoms with van der Waals surface area (Å²) in [5, 5.41) is 13.5. The summed E-state index contributed by atoms with van der Waals surface area (Å²) in [5.74, 6) is -0.190. The molecule has 0 saturated heterocycles. The predicted molar refractivity (Wildman–Crippen MR) is 94.6 cm³/mol. The largest absolute Gasteiger partial charge is 0.384 e. The molecule has 1 atom stereocenters. The molecule has 0 heterocycles. The maximum atomic E-state index is 12.6. The van der Waals surface area contributed by atoms with Crippen molar-refractivity contribution in [1.82, 2.24) is 5.32 Å². The Morgan fingerprint density at radius 1 is 0.833 bits per heavy atom. The highest BCUT2D eigenvalue weighted by Gasteiger charge is 2.18. The predicted octanol–water partition coefficient (Wildman–Crippen LogP) is 3.70. The van der Waals surface area contributed by atoms with Gasteiger partial charge >= 0.3 is 0 Å². The van der Waals surface area contributed by atoms with E-state index in [-0.39, 0.29) is 5.91 Å². The van der Waals surface area contributed by atoms with Gasteiger partial charge in [-0.1, -0.05) is 78.9 Å². The molecule has 1 amide bonds. The van der Waals surface area contributed by atoms with Gasteiger partial charge in [-0.25, -0.2) is 0 Å².